The normalized spacial score (nSPS) is 17.5. The fraction of sp³-hybridized carbons (Fsp3) is 0.391. The number of likely N-dealkylation sites (tertiary alicyclic amines) is 1. The number of methoxy groups -OCH3 is 1. The van der Waals surface area contributed by atoms with E-state index in [1.54, 1.807) is 14.0 Å². The first-order valence-electron chi connectivity index (χ1n) is 10.1. The monoisotopic (exact) mass is 411 g/mol. The molecule has 1 aliphatic rings. The van der Waals surface area contributed by atoms with Crippen LogP contribution in [0.5, 0.6) is 5.75 Å². The third-order valence-electron chi connectivity index (χ3n) is 5.34. The molecule has 0 aliphatic carbocycles. The molecule has 0 aromatic heterocycles. The molecule has 7 heteroatoms. The predicted molar refractivity (Wildman–Crippen MR) is 115 cm³/mol. The number of carbonyl (C=O) groups is 2. The maximum absolute atomic E-state index is 12.7. The molecule has 0 spiro atoms. The van der Waals surface area contributed by atoms with Gasteiger partial charge in [-0.1, -0.05) is 30.3 Å². The Bertz CT molecular complexity index is 886. The number of nitrogens with two attached hydrogens (primary N) is 1. The summed E-state index contributed by atoms with van der Waals surface area (Å²) in [6.45, 7) is 3.41. The molecule has 30 heavy (non-hydrogen) atoms. The molecule has 160 valence electrons. The van der Waals surface area contributed by atoms with Gasteiger partial charge in [-0.15, -0.1) is 0 Å². The van der Waals surface area contributed by atoms with E-state index in [9.17, 15) is 9.59 Å². The second kappa shape index (κ2) is 10.2. The summed E-state index contributed by atoms with van der Waals surface area (Å²) in [6, 6.07) is 14.9. The van der Waals surface area contributed by atoms with Crippen LogP contribution in [0.4, 0.5) is 5.69 Å². The minimum absolute atomic E-state index is 0.224. The lowest BCUT2D eigenvalue weighted by Crippen LogP contribution is -2.40. The van der Waals surface area contributed by atoms with E-state index in [-0.39, 0.29) is 17.9 Å². The average molecular weight is 412 g/mol. The number of rotatable bonds is 9. The van der Waals surface area contributed by atoms with Crippen molar-refractivity contribution in [2.24, 2.45) is 5.73 Å². The highest BCUT2D eigenvalue weighted by Crippen LogP contribution is 2.24. The molecule has 3 N–H and O–H groups in total. The Morgan fingerprint density at radius 2 is 2.03 bits per heavy atom. The summed E-state index contributed by atoms with van der Waals surface area (Å²) >= 11 is 0. The number of amides is 2. The van der Waals surface area contributed by atoms with E-state index in [0.29, 0.717) is 13.2 Å². The molecule has 0 saturated carbocycles. The van der Waals surface area contributed by atoms with Crippen LogP contribution in [0.15, 0.2) is 48.5 Å². The fourth-order valence-electron chi connectivity index (χ4n) is 3.63. The summed E-state index contributed by atoms with van der Waals surface area (Å²) in [7, 11) is 1.61. The summed E-state index contributed by atoms with van der Waals surface area (Å²) in [6.07, 6.45) is 1.09. The Hall–Kier alpha value is -2.90. The van der Waals surface area contributed by atoms with Crippen LogP contribution >= 0.6 is 0 Å². The second-order valence-electron chi connectivity index (χ2n) is 7.48. The Balaban J connectivity index is 1.60. The van der Waals surface area contributed by atoms with Crippen molar-refractivity contribution in [3.05, 3.63) is 59.7 Å². The van der Waals surface area contributed by atoms with E-state index >= 15 is 0 Å². The van der Waals surface area contributed by atoms with Gasteiger partial charge in [-0.3, -0.25) is 14.5 Å². The van der Waals surface area contributed by atoms with E-state index in [0.717, 1.165) is 42.0 Å². The first-order chi connectivity index (χ1) is 14.5. The Morgan fingerprint density at radius 1 is 1.23 bits per heavy atom. The maximum atomic E-state index is 12.7. The molecule has 1 heterocycles. The molecule has 1 aliphatic heterocycles. The SMILES string of the molecule is COc1cccc(COC(C)C(=O)Nc2ccccc2CN2CCCC2C(N)=O)c1. The van der Waals surface area contributed by atoms with Gasteiger partial charge in [0.15, 0.2) is 0 Å². The van der Waals surface area contributed by atoms with Gasteiger partial charge in [0.25, 0.3) is 5.91 Å². The van der Waals surface area contributed by atoms with Gasteiger partial charge in [0.2, 0.25) is 5.91 Å². The summed E-state index contributed by atoms with van der Waals surface area (Å²) in [5, 5.41) is 2.96. The molecule has 7 nitrogen and oxygen atoms in total. The van der Waals surface area contributed by atoms with Crippen molar-refractivity contribution in [1.82, 2.24) is 4.90 Å². The third kappa shape index (κ3) is 5.58. The Labute approximate surface area is 177 Å². The Kier molecular flexibility index (Phi) is 7.43. The van der Waals surface area contributed by atoms with Gasteiger partial charge >= 0.3 is 0 Å². The molecule has 1 fully saturated rings. The number of primary amides is 1. The number of nitrogens with one attached hydrogen (secondary N) is 1. The highest BCUT2D eigenvalue weighted by atomic mass is 16.5. The minimum Gasteiger partial charge on any atom is -0.497 e. The van der Waals surface area contributed by atoms with Crippen molar-refractivity contribution in [2.75, 3.05) is 19.0 Å². The van der Waals surface area contributed by atoms with Crippen LogP contribution in [0.1, 0.15) is 30.9 Å². The topological polar surface area (TPSA) is 93.9 Å². The van der Waals surface area contributed by atoms with Gasteiger partial charge in [-0.2, -0.15) is 0 Å². The molecule has 2 atom stereocenters. The molecular weight excluding hydrogens is 382 g/mol. The highest BCUT2D eigenvalue weighted by molar-refractivity contribution is 5.94. The van der Waals surface area contributed by atoms with Gasteiger partial charge in [0, 0.05) is 12.2 Å². The fourth-order valence-corrected chi connectivity index (χ4v) is 3.63. The van der Waals surface area contributed by atoms with Crippen LogP contribution < -0.4 is 15.8 Å². The van der Waals surface area contributed by atoms with Gasteiger partial charge in [0.1, 0.15) is 11.9 Å². The van der Waals surface area contributed by atoms with Crippen molar-refractivity contribution in [3.63, 3.8) is 0 Å². The van der Waals surface area contributed by atoms with Crippen molar-refractivity contribution in [3.8, 4) is 5.75 Å². The van der Waals surface area contributed by atoms with E-state index in [1.807, 2.05) is 48.5 Å². The number of para-hydroxylation sites is 1. The third-order valence-corrected chi connectivity index (χ3v) is 5.34. The average Bonchev–Trinajstić information content (AvgIpc) is 3.22. The van der Waals surface area contributed by atoms with Crippen LogP contribution in [-0.2, 0) is 27.5 Å². The lowest BCUT2D eigenvalue weighted by atomic mass is 10.1. The van der Waals surface area contributed by atoms with Crippen LogP contribution in [0.25, 0.3) is 0 Å². The molecule has 2 aromatic carbocycles. The standard InChI is InChI=1S/C23H29N3O4/c1-16(30-15-17-7-5-9-19(13-17)29-2)23(28)25-20-10-4-3-8-18(20)14-26-12-6-11-21(26)22(24)27/h3-5,7-10,13,16,21H,6,11-12,14-15H2,1-2H3,(H2,24,27)(H,25,28). The zero-order chi connectivity index (χ0) is 21.5. The Morgan fingerprint density at radius 3 is 2.80 bits per heavy atom. The zero-order valence-electron chi connectivity index (χ0n) is 17.5. The first-order valence-corrected chi connectivity index (χ1v) is 10.1. The van der Waals surface area contributed by atoms with Crippen LogP contribution in [0, 0.1) is 0 Å². The zero-order valence-corrected chi connectivity index (χ0v) is 17.5. The number of nitrogens with zero attached hydrogens (tertiary/aromatic N) is 1. The second-order valence-corrected chi connectivity index (χ2v) is 7.48. The summed E-state index contributed by atoms with van der Waals surface area (Å²) in [4.78, 5) is 26.4. The molecule has 3 rings (SSSR count). The van der Waals surface area contributed by atoms with E-state index in [2.05, 4.69) is 10.2 Å². The van der Waals surface area contributed by atoms with Crippen molar-refractivity contribution < 1.29 is 19.1 Å². The van der Waals surface area contributed by atoms with Crippen molar-refractivity contribution >= 4 is 17.5 Å². The quantitative estimate of drug-likeness (QED) is 0.662. The molecule has 2 aromatic rings. The predicted octanol–water partition coefficient (Wildman–Crippen LogP) is 2.69. The van der Waals surface area contributed by atoms with Gasteiger partial charge in [-0.05, 0) is 55.6 Å². The largest absolute Gasteiger partial charge is 0.497 e. The lowest BCUT2D eigenvalue weighted by Gasteiger charge is -2.23. The van der Waals surface area contributed by atoms with Crippen molar-refractivity contribution in [2.45, 2.75) is 45.1 Å². The number of hydrogen-bond donors (Lipinski definition) is 2. The summed E-state index contributed by atoms with van der Waals surface area (Å²) in [5.41, 5.74) is 8.12. The van der Waals surface area contributed by atoms with Crippen molar-refractivity contribution in [1.29, 1.82) is 0 Å². The molecule has 2 unspecified atom stereocenters. The smallest absolute Gasteiger partial charge is 0.253 e. The number of hydrogen-bond acceptors (Lipinski definition) is 5. The van der Waals surface area contributed by atoms with Crippen LogP contribution in [0.3, 0.4) is 0 Å². The van der Waals surface area contributed by atoms with E-state index < -0.39 is 6.10 Å². The number of benzene rings is 2. The van der Waals surface area contributed by atoms with Crippen LogP contribution in [0.2, 0.25) is 0 Å². The number of anilines is 1. The molecular formula is C23H29N3O4. The lowest BCUT2D eigenvalue weighted by molar-refractivity contribution is -0.127. The molecule has 2 amide bonds. The van der Waals surface area contributed by atoms with Crippen LogP contribution in [-0.4, -0.2) is 42.5 Å². The highest BCUT2D eigenvalue weighted by Gasteiger charge is 2.29. The molecule has 0 radical (unpaired) electrons. The molecule has 0 bridgehead atoms. The minimum atomic E-state index is -0.630. The number of carbonyl (C=O) groups excluding carboxylic acids is 2. The van der Waals surface area contributed by atoms with Gasteiger partial charge in [0.05, 0.1) is 19.8 Å². The van der Waals surface area contributed by atoms with E-state index in [4.69, 9.17) is 15.2 Å². The van der Waals surface area contributed by atoms with Gasteiger partial charge < -0.3 is 20.5 Å². The molecule has 1 saturated heterocycles. The maximum Gasteiger partial charge on any atom is 0.253 e. The van der Waals surface area contributed by atoms with Gasteiger partial charge in [-0.25, -0.2) is 0 Å². The summed E-state index contributed by atoms with van der Waals surface area (Å²) in [5.74, 6) is 0.227. The van der Waals surface area contributed by atoms with E-state index in [1.165, 1.54) is 0 Å². The number of ether oxygens (including phenoxy) is 2. The summed E-state index contributed by atoms with van der Waals surface area (Å²) < 4.78 is 11.0. The first kappa shape index (κ1) is 21.8.